The number of aliphatic hydroxyl groups excluding tert-OH is 1. The zero-order valence-corrected chi connectivity index (χ0v) is 22.0. The zero-order valence-electron chi connectivity index (χ0n) is 22.0. The van der Waals surface area contributed by atoms with Crippen molar-refractivity contribution in [1.29, 1.82) is 0 Å². The van der Waals surface area contributed by atoms with Crippen LogP contribution in [0, 0.1) is 11.8 Å². The van der Waals surface area contributed by atoms with E-state index >= 15 is 0 Å². The number of allylic oxidation sites excluding steroid dienone is 1. The lowest BCUT2D eigenvalue weighted by molar-refractivity contribution is -0.155. The molecule has 3 saturated heterocycles. The maximum Gasteiger partial charge on any atom is 0.312 e. The molecular formula is C28H35N5O6. The molecule has 1 N–H and O–H groups in total. The van der Waals surface area contributed by atoms with Crippen LogP contribution in [0.2, 0.25) is 0 Å². The van der Waals surface area contributed by atoms with Gasteiger partial charge in [-0.05, 0) is 44.2 Å². The first-order valence-corrected chi connectivity index (χ1v) is 13.5. The molecule has 1 aromatic heterocycles. The fraction of sp³-hybridized carbons (Fsp3) is 0.536. The number of esters is 1. The smallest absolute Gasteiger partial charge is 0.312 e. The number of aliphatic hydroxyl groups is 1. The Morgan fingerprint density at radius 3 is 2.85 bits per heavy atom. The van der Waals surface area contributed by atoms with Gasteiger partial charge in [-0.25, -0.2) is 4.68 Å². The van der Waals surface area contributed by atoms with Gasteiger partial charge in [0.05, 0.1) is 30.1 Å². The van der Waals surface area contributed by atoms with Gasteiger partial charge < -0.3 is 24.4 Å². The largest absolute Gasteiger partial charge is 0.465 e. The highest BCUT2D eigenvalue weighted by Crippen LogP contribution is 2.58. The van der Waals surface area contributed by atoms with E-state index in [4.69, 9.17) is 9.47 Å². The predicted molar refractivity (Wildman–Crippen MR) is 141 cm³/mol. The third kappa shape index (κ3) is 4.63. The average molecular weight is 538 g/mol. The van der Waals surface area contributed by atoms with E-state index in [1.165, 1.54) is 4.90 Å². The molecule has 2 unspecified atom stereocenters. The molecule has 3 aliphatic heterocycles. The lowest BCUT2D eigenvalue weighted by Crippen LogP contribution is -2.56. The summed E-state index contributed by atoms with van der Waals surface area (Å²) in [6.07, 6.45) is 5.61. The zero-order chi connectivity index (χ0) is 27.6. The highest BCUT2D eigenvalue weighted by atomic mass is 16.6. The van der Waals surface area contributed by atoms with Gasteiger partial charge in [0.2, 0.25) is 11.8 Å². The second-order valence-electron chi connectivity index (χ2n) is 10.3. The number of benzene rings is 1. The Balaban J connectivity index is 1.45. The molecule has 3 aliphatic rings. The van der Waals surface area contributed by atoms with Gasteiger partial charge in [0, 0.05) is 19.7 Å². The number of ether oxygens (including phenoxy) is 2. The molecule has 4 heterocycles. The molecule has 11 nitrogen and oxygen atoms in total. The summed E-state index contributed by atoms with van der Waals surface area (Å²) in [6.45, 7) is 8.09. The molecule has 0 aliphatic carbocycles. The lowest BCUT2D eigenvalue weighted by atomic mass is 9.70. The minimum absolute atomic E-state index is 0.100. The number of nitrogens with zero attached hydrogens (tertiary/aromatic N) is 5. The lowest BCUT2D eigenvalue weighted by Gasteiger charge is -2.36. The summed E-state index contributed by atoms with van der Waals surface area (Å²) in [4.78, 5) is 44.5. The van der Waals surface area contributed by atoms with Crippen LogP contribution in [0.15, 0.2) is 49.6 Å². The number of hydrogen-bond donors (Lipinski definition) is 1. The van der Waals surface area contributed by atoms with Crippen LogP contribution in [0.3, 0.4) is 0 Å². The van der Waals surface area contributed by atoms with Crippen molar-refractivity contribution in [3.8, 4) is 0 Å². The quantitative estimate of drug-likeness (QED) is 0.232. The van der Waals surface area contributed by atoms with Gasteiger partial charge in [-0.2, -0.15) is 0 Å². The van der Waals surface area contributed by atoms with Gasteiger partial charge in [-0.3, -0.25) is 14.4 Å². The summed E-state index contributed by atoms with van der Waals surface area (Å²) in [6, 6.07) is 6.51. The van der Waals surface area contributed by atoms with Crippen LogP contribution in [0.4, 0.5) is 0 Å². The SMILES string of the molecule is C=CCCCOC(=O)[C@@H]1[C@@H]2CCC3(O2)C(C(=O)N(CC=C)Cn2nnc4ccccc42)N(CCCO)C(=O)[C@H]13. The van der Waals surface area contributed by atoms with Gasteiger partial charge in [0.1, 0.15) is 23.8 Å². The second-order valence-corrected chi connectivity index (χ2v) is 10.3. The Morgan fingerprint density at radius 2 is 2.08 bits per heavy atom. The number of carbonyl (C=O) groups excluding carboxylic acids is 3. The van der Waals surface area contributed by atoms with Gasteiger partial charge in [-0.15, -0.1) is 18.3 Å². The topological polar surface area (TPSA) is 127 Å². The monoisotopic (exact) mass is 537 g/mol. The Labute approximate surface area is 227 Å². The van der Waals surface area contributed by atoms with Crippen LogP contribution in [0.1, 0.15) is 32.1 Å². The van der Waals surface area contributed by atoms with E-state index in [-0.39, 0.29) is 44.8 Å². The molecule has 5 atom stereocenters. The minimum atomic E-state index is -1.14. The Hall–Kier alpha value is -3.57. The summed E-state index contributed by atoms with van der Waals surface area (Å²) in [5, 5.41) is 18.0. The first-order chi connectivity index (χ1) is 19.0. The van der Waals surface area contributed by atoms with E-state index in [0.29, 0.717) is 31.2 Å². The summed E-state index contributed by atoms with van der Waals surface area (Å²) in [7, 11) is 0. The molecule has 5 rings (SSSR count). The molecule has 1 spiro atoms. The van der Waals surface area contributed by atoms with Crippen LogP contribution in [-0.2, 0) is 30.5 Å². The number of amides is 2. The number of carbonyl (C=O) groups is 3. The predicted octanol–water partition coefficient (Wildman–Crippen LogP) is 1.67. The maximum absolute atomic E-state index is 14.3. The van der Waals surface area contributed by atoms with Gasteiger partial charge in [-0.1, -0.05) is 29.5 Å². The fourth-order valence-electron chi connectivity index (χ4n) is 6.41. The molecule has 2 bridgehead atoms. The molecule has 0 saturated carbocycles. The average Bonchev–Trinajstić information content (AvgIpc) is 3.69. The molecule has 2 aromatic rings. The maximum atomic E-state index is 14.3. The van der Waals surface area contributed by atoms with Crippen molar-refractivity contribution in [2.45, 2.75) is 56.5 Å². The number of fused-ring (bicyclic) bond motifs is 2. The second kappa shape index (κ2) is 11.3. The summed E-state index contributed by atoms with van der Waals surface area (Å²) in [5.41, 5.74) is 0.338. The van der Waals surface area contributed by atoms with Gasteiger partial charge in [0.25, 0.3) is 0 Å². The number of aromatic nitrogens is 3. The first-order valence-electron chi connectivity index (χ1n) is 13.5. The number of para-hydroxylation sites is 1. The molecule has 11 heteroatoms. The van der Waals surface area contributed by atoms with E-state index in [1.807, 2.05) is 24.3 Å². The minimum Gasteiger partial charge on any atom is -0.465 e. The summed E-state index contributed by atoms with van der Waals surface area (Å²) >= 11 is 0. The highest BCUT2D eigenvalue weighted by Gasteiger charge is 2.75. The van der Waals surface area contributed by atoms with Crippen LogP contribution in [-0.4, -0.2) is 91.7 Å². The standard InChI is InChI=1S/C28H35N5O6/c1-3-5-8-17-38-27(37)22-21-12-13-28(39-21)23(22)25(35)32(15-9-16-34)24(28)26(36)31(14-4-2)18-33-20-11-7-6-10-19(20)29-30-33/h3-4,6-7,10-11,21-24,34H,1-2,5,8-9,12-18H2/t21-,22+,23-,24?,28?/m0/s1. The third-order valence-corrected chi connectivity index (χ3v) is 8.05. The van der Waals surface area contributed by atoms with Crippen molar-refractivity contribution in [3.63, 3.8) is 0 Å². The summed E-state index contributed by atoms with van der Waals surface area (Å²) < 4.78 is 13.6. The van der Waals surface area contributed by atoms with E-state index in [1.54, 1.807) is 21.7 Å². The highest BCUT2D eigenvalue weighted by molar-refractivity contribution is 5.98. The molecule has 3 fully saturated rings. The Morgan fingerprint density at radius 1 is 1.26 bits per heavy atom. The van der Waals surface area contributed by atoms with Crippen molar-refractivity contribution in [1.82, 2.24) is 24.8 Å². The number of likely N-dealkylation sites (tertiary alicyclic amines) is 1. The Bertz CT molecular complexity index is 1260. The van der Waals surface area contributed by atoms with Crippen LogP contribution < -0.4 is 0 Å². The molecule has 2 amide bonds. The number of hydrogen-bond acceptors (Lipinski definition) is 8. The third-order valence-electron chi connectivity index (χ3n) is 8.05. The van der Waals surface area contributed by atoms with E-state index in [2.05, 4.69) is 23.5 Å². The van der Waals surface area contributed by atoms with E-state index in [9.17, 15) is 19.5 Å². The van der Waals surface area contributed by atoms with Crippen molar-refractivity contribution in [2.75, 3.05) is 26.3 Å². The van der Waals surface area contributed by atoms with Crippen molar-refractivity contribution in [3.05, 3.63) is 49.6 Å². The normalized spacial score (nSPS) is 27.1. The van der Waals surface area contributed by atoms with Gasteiger partial charge in [0.15, 0.2) is 0 Å². The summed E-state index contributed by atoms with van der Waals surface area (Å²) in [5.74, 6) is -2.66. The first kappa shape index (κ1) is 27.0. The van der Waals surface area contributed by atoms with Crippen LogP contribution in [0.25, 0.3) is 11.0 Å². The number of rotatable bonds is 13. The van der Waals surface area contributed by atoms with Crippen LogP contribution >= 0.6 is 0 Å². The van der Waals surface area contributed by atoms with E-state index in [0.717, 1.165) is 11.9 Å². The van der Waals surface area contributed by atoms with Crippen molar-refractivity contribution < 1.29 is 29.0 Å². The van der Waals surface area contributed by atoms with Crippen LogP contribution in [0.5, 0.6) is 0 Å². The van der Waals surface area contributed by atoms with Gasteiger partial charge >= 0.3 is 5.97 Å². The van der Waals surface area contributed by atoms with E-state index < -0.39 is 35.6 Å². The molecule has 1 aromatic carbocycles. The molecular weight excluding hydrogens is 502 g/mol. The fourth-order valence-corrected chi connectivity index (χ4v) is 6.41. The molecule has 39 heavy (non-hydrogen) atoms. The Kier molecular flexibility index (Phi) is 7.81. The van der Waals surface area contributed by atoms with Crippen molar-refractivity contribution >= 4 is 28.8 Å². The van der Waals surface area contributed by atoms with Crippen molar-refractivity contribution in [2.24, 2.45) is 11.8 Å². The molecule has 0 radical (unpaired) electrons. The molecule has 208 valence electrons. The number of unbranched alkanes of at least 4 members (excludes halogenated alkanes) is 1.